The van der Waals surface area contributed by atoms with E-state index >= 15 is 0 Å². The third kappa shape index (κ3) is 4.61. The van der Waals surface area contributed by atoms with Gasteiger partial charge in [0.25, 0.3) is 11.6 Å². The Morgan fingerprint density at radius 1 is 1.32 bits per heavy atom. The predicted molar refractivity (Wildman–Crippen MR) is 110 cm³/mol. The molecule has 0 spiro atoms. The van der Waals surface area contributed by atoms with E-state index in [9.17, 15) is 14.9 Å². The van der Waals surface area contributed by atoms with Crippen molar-refractivity contribution in [3.05, 3.63) is 68.2 Å². The molecule has 0 aliphatic rings. The maximum absolute atomic E-state index is 12.6. The van der Waals surface area contributed by atoms with E-state index in [1.165, 1.54) is 48.4 Å². The van der Waals surface area contributed by atoms with Crippen LogP contribution in [0.3, 0.4) is 0 Å². The van der Waals surface area contributed by atoms with Crippen LogP contribution in [-0.2, 0) is 0 Å². The predicted octanol–water partition coefficient (Wildman–Crippen LogP) is 5.43. The molecule has 2 aromatic carbocycles. The number of rotatable bonds is 6. The lowest BCUT2D eigenvalue weighted by Gasteiger charge is -2.09. The van der Waals surface area contributed by atoms with E-state index in [2.05, 4.69) is 10.3 Å². The summed E-state index contributed by atoms with van der Waals surface area (Å²) in [6, 6.07) is 9.02. The summed E-state index contributed by atoms with van der Waals surface area (Å²) in [5.74, 6) is -0.281. The Labute approximate surface area is 173 Å². The molecule has 1 aromatic heterocycles. The van der Waals surface area contributed by atoms with Gasteiger partial charge < -0.3 is 10.1 Å². The highest BCUT2D eigenvalue weighted by atomic mass is 35.5. The van der Waals surface area contributed by atoms with Crippen LogP contribution in [0.15, 0.2) is 51.0 Å². The van der Waals surface area contributed by atoms with Gasteiger partial charge in [-0.2, -0.15) is 0 Å². The monoisotopic (exact) mass is 435 g/mol. The summed E-state index contributed by atoms with van der Waals surface area (Å²) >= 11 is 9.27. The number of ether oxygens (including phenoxy) is 1. The quantitative estimate of drug-likeness (QED) is 0.410. The molecule has 3 aromatic rings. The largest absolute Gasteiger partial charge is 0.497 e. The highest BCUT2D eigenvalue weighted by molar-refractivity contribution is 8.01. The lowest BCUT2D eigenvalue weighted by molar-refractivity contribution is -0.385. The second kappa shape index (κ2) is 8.59. The molecule has 1 amide bonds. The van der Waals surface area contributed by atoms with Gasteiger partial charge in [-0.25, -0.2) is 4.98 Å². The van der Waals surface area contributed by atoms with Crippen LogP contribution < -0.4 is 10.1 Å². The number of carbonyl (C=O) groups is 1. The number of nitrogens with one attached hydrogen (secondary N) is 1. The second-order valence-electron chi connectivity index (χ2n) is 5.60. The summed E-state index contributed by atoms with van der Waals surface area (Å²) in [6.07, 6.45) is 0. The Bertz CT molecular complexity index is 1060. The molecule has 0 unspecified atom stereocenters. The number of halogens is 1. The molecule has 144 valence electrons. The van der Waals surface area contributed by atoms with Gasteiger partial charge in [0.05, 0.1) is 17.1 Å². The Kier molecular flexibility index (Phi) is 6.18. The second-order valence-corrected chi connectivity index (χ2v) is 8.15. The standard InChI is InChI=1S/C18H14ClN3O4S2/c1-10-9-27-18(20-10)28-16-6-3-11(7-14(16)19)21-17(23)13-8-12(26-2)4-5-15(13)22(24)25/h3-9H,1-2H3,(H,21,23). The molecule has 3 rings (SSSR count). The van der Waals surface area contributed by atoms with Gasteiger partial charge in [-0.15, -0.1) is 11.3 Å². The number of hydrogen-bond donors (Lipinski definition) is 1. The number of aromatic nitrogens is 1. The van der Waals surface area contributed by atoms with Crippen LogP contribution >= 0.6 is 34.7 Å². The van der Waals surface area contributed by atoms with E-state index in [0.717, 1.165) is 14.9 Å². The number of carbonyl (C=O) groups excluding carboxylic acids is 1. The number of nitro groups is 1. The fraction of sp³-hybridized carbons (Fsp3) is 0.111. The van der Waals surface area contributed by atoms with Gasteiger partial charge >= 0.3 is 0 Å². The van der Waals surface area contributed by atoms with Gasteiger partial charge in [-0.05, 0) is 37.3 Å². The zero-order valence-corrected chi connectivity index (χ0v) is 17.2. The molecule has 0 aliphatic heterocycles. The van der Waals surface area contributed by atoms with Crippen molar-refractivity contribution in [1.82, 2.24) is 4.98 Å². The van der Waals surface area contributed by atoms with Gasteiger partial charge in [0, 0.05) is 27.7 Å². The maximum Gasteiger partial charge on any atom is 0.282 e. The molecule has 7 nitrogen and oxygen atoms in total. The van der Waals surface area contributed by atoms with Gasteiger partial charge in [0.15, 0.2) is 4.34 Å². The van der Waals surface area contributed by atoms with E-state index in [1.54, 1.807) is 18.2 Å². The van der Waals surface area contributed by atoms with Crippen molar-refractivity contribution in [3.63, 3.8) is 0 Å². The molecule has 28 heavy (non-hydrogen) atoms. The molecular weight excluding hydrogens is 422 g/mol. The van der Waals surface area contributed by atoms with E-state index in [0.29, 0.717) is 16.5 Å². The zero-order valence-electron chi connectivity index (χ0n) is 14.8. The Hall–Kier alpha value is -2.62. The summed E-state index contributed by atoms with van der Waals surface area (Å²) in [7, 11) is 1.42. The molecule has 0 saturated heterocycles. The van der Waals surface area contributed by atoms with Crippen LogP contribution in [-0.4, -0.2) is 22.9 Å². The minimum absolute atomic E-state index is 0.0998. The first-order valence-corrected chi connectivity index (χ1v) is 9.98. The maximum atomic E-state index is 12.6. The van der Waals surface area contributed by atoms with E-state index < -0.39 is 10.8 Å². The summed E-state index contributed by atoms with van der Waals surface area (Å²) in [5.41, 5.74) is 0.951. The molecule has 0 aliphatic carbocycles. The minimum atomic E-state index is -0.627. The number of nitrogens with zero attached hydrogens (tertiary/aromatic N) is 2. The van der Waals surface area contributed by atoms with E-state index in [4.69, 9.17) is 16.3 Å². The van der Waals surface area contributed by atoms with E-state index in [1.807, 2.05) is 12.3 Å². The van der Waals surface area contributed by atoms with Crippen molar-refractivity contribution in [2.45, 2.75) is 16.2 Å². The zero-order chi connectivity index (χ0) is 20.3. The van der Waals surface area contributed by atoms with Crippen LogP contribution in [0.1, 0.15) is 16.1 Å². The van der Waals surface area contributed by atoms with Crippen LogP contribution in [0.2, 0.25) is 5.02 Å². The third-order valence-corrected chi connectivity index (χ3v) is 6.19. The van der Waals surface area contributed by atoms with Gasteiger partial charge in [0.1, 0.15) is 11.3 Å². The van der Waals surface area contributed by atoms with Crippen LogP contribution in [0.4, 0.5) is 11.4 Å². The lowest BCUT2D eigenvalue weighted by Crippen LogP contribution is -2.14. The molecule has 1 N–H and O–H groups in total. The number of hydrogen-bond acceptors (Lipinski definition) is 7. The van der Waals surface area contributed by atoms with Crippen molar-refractivity contribution in [3.8, 4) is 5.75 Å². The van der Waals surface area contributed by atoms with Crippen molar-refractivity contribution < 1.29 is 14.5 Å². The number of nitro benzene ring substituents is 1. The Morgan fingerprint density at radius 3 is 2.71 bits per heavy atom. The topological polar surface area (TPSA) is 94.4 Å². The highest BCUT2D eigenvalue weighted by Gasteiger charge is 2.21. The van der Waals surface area contributed by atoms with Gasteiger partial charge in [0.2, 0.25) is 0 Å². The number of aryl methyl sites for hydroxylation is 1. The minimum Gasteiger partial charge on any atom is -0.497 e. The summed E-state index contributed by atoms with van der Waals surface area (Å²) in [5, 5.41) is 16.2. The Morgan fingerprint density at radius 2 is 2.11 bits per heavy atom. The average molecular weight is 436 g/mol. The van der Waals surface area contributed by atoms with Crippen LogP contribution in [0.25, 0.3) is 0 Å². The third-order valence-electron chi connectivity index (χ3n) is 3.63. The molecular formula is C18H14ClN3O4S2. The van der Waals surface area contributed by atoms with Crippen molar-refractivity contribution in [2.24, 2.45) is 0 Å². The van der Waals surface area contributed by atoms with Crippen LogP contribution in [0.5, 0.6) is 5.75 Å². The fourth-order valence-electron chi connectivity index (χ4n) is 2.32. The first-order chi connectivity index (χ1) is 13.4. The summed E-state index contributed by atoms with van der Waals surface area (Å²) in [4.78, 5) is 28.3. The average Bonchev–Trinajstić information content (AvgIpc) is 3.08. The normalized spacial score (nSPS) is 10.5. The van der Waals surface area contributed by atoms with Gasteiger partial charge in [-0.1, -0.05) is 23.4 Å². The van der Waals surface area contributed by atoms with Crippen molar-refractivity contribution >= 4 is 52.0 Å². The number of thiazole rings is 1. The van der Waals surface area contributed by atoms with Gasteiger partial charge in [-0.3, -0.25) is 14.9 Å². The summed E-state index contributed by atoms with van der Waals surface area (Å²) < 4.78 is 5.92. The lowest BCUT2D eigenvalue weighted by atomic mass is 10.1. The number of amides is 1. The number of benzene rings is 2. The fourth-order valence-corrected chi connectivity index (χ4v) is 4.41. The molecule has 0 bridgehead atoms. The van der Waals surface area contributed by atoms with E-state index in [-0.39, 0.29) is 11.3 Å². The Balaban J connectivity index is 1.81. The number of anilines is 1. The molecule has 0 saturated carbocycles. The summed E-state index contributed by atoms with van der Waals surface area (Å²) in [6.45, 7) is 1.92. The molecule has 1 heterocycles. The highest BCUT2D eigenvalue weighted by Crippen LogP contribution is 2.36. The van der Waals surface area contributed by atoms with Crippen molar-refractivity contribution in [1.29, 1.82) is 0 Å². The van der Waals surface area contributed by atoms with Crippen molar-refractivity contribution in [2.75, 3.05) is 12.4 Å². The molecule has 0 radical (unpaired) electrons. The van der Waals surface area contributed by atoms with Crippen LogP contribution in [0, 0.1) is 17.0 Å². The molecule has 10 heteroatoms. The first kappa shape index (κ1) is 20.1. The molecule has 0 atom stereocenters. The molecule has 0 fully saturated rings. The SMILES string of the molecule is COc1ccc([N+](=O)[O-])c(C(=O)Nc2ccc(Sc3nc(C)cs3)c(Cl)c2)c1. The number of methoxy groups -OCH3 is 1. The first-order valence-electron chi connectivity index (χ1n) is 7.90. The smallest absolute Gasteiger partial charge is 0.282 e.